The molecule has 1 aliphatic rings. The number of nitrogens with one attached hydrogen (secondary N) is 1. The Bertz CT molecular complexity index is 804. The van der Waals surface area contributed by atoms with Crippen molar-refractivity contribution in [1.29, 1.82) is 0 Å². The summed E-state index contributed by atoms with van der Waals surface area (Å²) in [7, 11) is -3.45. The first-order valence-corrected chi connectivity index (χ1v) is 9.35. The standard InChI is InChI=1S/C15H15Cl2N3O2S/c16-11-3-5-13(17)14(9-11)19-15-6-4-12(10-18-15)23(21,22)20-7-1-2-8-20/h3-6,9-10H,1-2,7-8H2,(H,18,19). The summed E-state index contributed by atoms with van der Waals surface area (Å²) >= 11 is 12.0. The van der Waals surface area contributed by atoms with E-state index in [-0.39, 0.29) is 4.90 Å². The van der Waals surface area contributed by atoms with Crippen molar-refractivity contribution in [3.63, 3.8) is 0 Å². The van der Waals surface area contributed by atoms with Crippen LogP contribution in [0.3, 0.4) is 0 Å². The van der Waals surface area contributed by atoms with Gasteiger partial charge in [-0.15, -0.1) is 0 Å². The number of hydrogen-bond acceptors (Lipinski definition) is 4. The van der Waals surface area contributed by atoms with Crippen molar-refractivity contribution in [2.75, 3.05) is 18.4 Å². The molecular formula is C15H15Cl2N3O2S. The number of sulfonamides is 1. The lowest BCUT2D eigenvalue weighted by molar-refractivity contribution is 0.477. The summed E-state index contributed by atoms with van der Waals surface area (Å²) in [5.41, 5.74) is 0.613. The Labute approximate surface area is 145 Å². The number of rotatable bonds is 4. The largest absolute Gasteiger partial charge is 0.339 e. The first-order chi connectivity index (χ1) is 11.0. The van der Waals surface area contributed by atoms with Crippen LogP contribution in [0.5, 0.6) is 0 Å². The molecule has 0 atom stereocenters. The topological polar surface area (TPSA) is 62.3 Å². The van der Waals surface area contributed by atoms with Gasteiger partial charge in [-0.2, -0.15) is 4.31 Å². The van der Waals surface area contributed by atoms with Gasteiger partial charge in [0.1, 0.15) is 10.7 Å². The Hall–Kier alpha value is -1.34. The Morgan fingerprint density at radius 2 is 1.83 bits per heavy atom. The zero-order valence-corrected chi connectivity index (χ0v) is 14.5. The number of anilines is 2. The molecule has 1 N–H and O–H groups in total. The molecule has 1 saturated heterocycles. The summed E-state index contributed by atoms with van der Waals surface area (Å²) in [5.74, 6) is 0.495. The second-order valence-corrected chi connectivity index (χ2v) is 8.02. The van der Waals surface area contributed by atoms with Crippen LogP contribution in [0.25, 0.3) is 0 Å². The maximum atomic E-state index is 12.4. The maximum absolute atomic E-state index is 12.4. The third kappa shape index (κ3) is 3.61. The highest BCUT2D eigenvalue weighted by molar-refractivity contribution is 7.89. The molecule has 0 bridgehead atoms. The van der Waals surface area contributed by atoms with Gasteiger partial charge in [-0.1, -0.05) is 23.2 Å². The smallest absolute Gasteiger partial charge is 0.244 e. The van der Waals surface area contributed by atoms with Gasteiger partial charge in [-0.25, -0.2) is 13.4 Å². The van der Waals surface area contributed by atoms with E-state index in [0.29, 0.717) is 34.6 Å². The Morgan fingerprint density at radius 1 is 1.09 bits per heavy atom. The summed E-state index contributed by atoms with van der Waals surface area (Å²) in [4.78, 5) is 4.36. The van der Waals surface area contributed by atoms with Gasteiger partial charge in [0, 0.05) is 24.3 Å². The number of nitrogens with zero attached hydrogens (tertiary/aromatic N) is 2. The van der Waals surface area contributed by atoms with Crippen molar-refractivity contribution in [2.45, 2.75) is 17.7 Å². The molecule has 2 heterocycles. The van der Waals surface area contributed by atoms with Crippen LogP contribution in [0.2, 0.25) is 10.0 Å². The Balaban J connectivity index is 1.81. The van der Waals surface area contributed by atoms with E-state index in [1.54, 1.807) is 30.3 Å². The quantitative estimate of drug-likeness (QED) is 0.884. The minimum atomic E-state index is -3.45. The van der Waals surface area contributed by atoms with Crippen LogP contribution >= 0.6 is 23.2 Å². The van der Waals surface area contributed by atoms with E-state index in [1.165, 1.54) is 10.5 Å². The van der Waals surface area contributed by atoms with E-state index >= 15 is 0 Å². The number of aromatic nitrogens is 1. The number of benzene rings is 1. The molecule has 5 nitrogen and oxygen atoms in total. The zero-order valence-electron chi connectivity index (χ0n) is 12.2. The van der Waals surface area contributed by atoms with Crippen molar-refractivity contribution in [2.24, 2.45) is 0 Å². The number of hydrogen-bond donors (Lipinski definition) is 1. The molecule has 0 spiro atoms. The predicted molar refractivity (Wildman–Crippen MR) is 92.0 cm³/mol. The average molecular weight is 372 g/mol. The molecule has 2 aromatic rings. The van der Waals surface area contributed by atoms with Gasteiger partial charge in [0.05, 0.1) is 10.7 Å². The van der Waals surface area contributed by atoms with E-state index in [4.69, 9.17) is 23.2 Å². The Kier molecular flexibility index (Phi) is 4.77. The number of halogens is 2. The van der Waals surface area contributed by atoms with Gasteiger partial charge in [0.15, 0.2) is 0 Å². The summed E-state index contributed by atoms with van der Waals surface area (Å²) in [5, 5.41) is 4.08. The van der Waals surface area contributed by atoms with E-state index < -0.39 is 10.0 Å². The third-order valence-corrected chi connectivity index (χ3v) is 6.08. The molecule has 1 aliphatic heterocycles. The van der Waals surface area contributed by atoms with Crippen LogP contribution in [0.15, 0.2) is 41.4 Å². The molecule has 0 amide bonds. The van der Waals surface area contributed by atoms with E-state index in [0.717, 1.165) is 12.8 Å². The SMILES string of the molecule is O=S(=O)(c1ccc(Nc2cc(Cl)ccc2Cl)nc1)N1CCCC1. The lowest BCUT2D eigenvalue weighted by Gasteiger charge is -2.15. The van der Waals surface area contributed by atoms with Crippen LogP contribution in [-0.2, 0) is 10.0 Å². The monoisotopic (exact) mass is 371 g/mol. The van der Waals surface area contributed by atoms with Crippen LogP contribution in [0, 0.1) is 0 Å². The van der Waals surface area contributed by atoms with Gasteiger partial charge >= 0.3 is 0 Å². The lowest BCUT2D eigenvalue weighted by atomic mass is 10.3. The van der Waals surface area contributed by atoms with Crippen molar-refractivity contribution in [3.8, 4) is 0 Å². The molecule has 23 heavy (non-hydrogen) atoms. The normalized spacial score (nSPS) is 15.7. The van der Waals surface area contributed by atoms with Crippen LogP contribution in [0.4, 0.5) is 11.5 Å². The van der Waals surface area contributed by atoms with Crippen molar-refractivity contribution in [3.05, 3.63) is 46.6 Å². The highest BCUT2D eigenvalue weighted by Gasteiger charge is 2.27. The van der Waals surface area contributed by atoms with Gasteiger partial charge in [0.2, 0.25) is 10.0 Å². The van der Waals surface area contributed by atoms with Crippen molar-refractivity contribution < 1.29 is 8.42 Å². The lowest BCUT2D eigenvalue weighted by Crippen LogP contribution is -2.27. The highest BCUT2D eigenvalue weighted by atomic mass is 35.5. The van der Waals surface area contributed by atoms with Gasteiger partial charge in [-0.3, -0.25) is 0 Å². The molecule has 1 aromatic heterocycles. The third-order valence-electron chi connectivity index (χ3n) is 3.63. The number of pyridine rings is 1. The molecule has 0 saturated carbocycles. The minimum Gasteiger partial charge on any atom is -0.339 e. The fraction of sp³-hybridized carbons (Fsp3) is 0.267. The predicted octanol–water partition coefficient (Wildman–Crippen LogP) is 3.92. The second kappa shape index (κ2) is 6.65. The maximum Gasteiger partial charge on any atom is 0.244 e. The molecule has 3 rings (SSSR count). The summed E-state index contributed by atoms with van der Waals surface area (Å²) in [6, 6.07) is 8.20. The first-order valence-electron chi connectivity index (χ1n) is 7.15. The van der Waals surface area contributed by atoms with Crippen LogP contribution in [-0.4, -0.2) is 30.8 Å². The summed E-state index contributed by atoms with van der Waals surface area (Å²) in [6.45, 7) is 1.14. The molecule has 1 aromatic carbocycles. The van der Waals surface area contributed by atoms with E-state index in [9.17, 15) is 8.42 Å². The molecule has 1 fully saturated rings. The fourth-order valence-electron chi connectivity index (χ4n) is 2.42. The summed E-state index contributed by atoms with van der Waals surface area (Å²) in [6.07, 6.45) is 3.16. The summed E-state index contributed by atoms with van der Waals surface area (Å²) < 4.78 is 26.4. The average Bonchev–Trinajstić information content (AvgIpc) is 3.07. The fourth-order valence-corrected chi connectivity index (χ4v) is 4.22. The van der Waals surface area contributed by atoms with Crippen LogP contribution < -0.4 is 5.32 Å². The van der Waals surface area contributed by atoms with E-state index in [2.05, 4.69) is 10.3 Å². The molecule has 0 aliphatic carbocycles. The van der Waals surface area contributed by atoms with Crippen LogP contribution in [0.1, 0.15) is 12.8 Å². The molecule has 122 valence electrons. The Morgan fingerprint density at radius 3 is 2.48 bits per heavy atom. The molecule has 0 radical (unpaired) electrons. The van der Waals surface area contributed by atoms with Crippen molar-refractivity contribution in [1.82, 2.24) is 9.29 Å². The van der Waals surface area contributed by atoms with E-state index in [1.807, 2.05) is 0 Å². The first kappa shape index (κ1) is 16.5. The highest BCUT2D eigenvalue weighted by Crippen LogP contribution is 2.28. The minimum absolute atomic E-state index is 0.196. The van der Waals surface area contributed by atoms with Gasteiger partial charge in [0.25, 0.3) is 0 Å². The molecule has 8 heteroatoms. The molecule has 0 unspecified atom stereocenters. The van der Waals surface area contributed by atoms with Gasteiger partial charge < -0.3 is 5.32 Å². The van der Waals surface area contributed by atoms with Gasteiger partial charge in [-0.05, 0) is 43.2 Å². The zero-order chi connectivity index (χ0) is 16.4. The molecular weight excluding hydrogens is 357 g/mol. The van der Waals surface area contributed by atoms with Crippen molar-refractivity contribution >= 4 is 44.7 Å². The second-order valence-electron chi connectivity index (χ2n) is 5.24.